The molecule has 0 radical (unpaired) electrons. The third-order valence-electron chi connectivity index (χ3n) is 2.29. The van der Waals surface area contributed by atoms with Gasteiger partial charge in [-0.15, -0.1) is 0 Å². The SMILES string of the molecule is CC(=O)c1cc(C(=O)O)cc(C)c1C. The largest absolute Gasteiger partial charge is 0.478 e. The number of hydrogen-bond donors (Lipinski definition) is 1. The van der Waals surface area contributed by atoms with Gasteiger partial charge in [-0.3, -0.25) is 4.79 Å². The molecule has 14 heavy (non-hydrogen) atoms. The minimum Gasteiger partial charge on any atom is -0.478 e. The molecule has 3 heteroatoms. The molecule has 0 aromatic heterocycles. The van der Waals surface area contributed by atoms with E-state index in [9.17, 15) is 9.59 Å². The van der Waals surface area contributed by atoms with Crippen molar-refractivity contribution in [3.05, 3.63) is 34.4 Å². The van der Waals surface area contributed by atoms with Crippen LogP contribution in [0.25, 0.3) is 0 Å². The minimum atomic E-state index is -1.00. The van der Waals surface area contributed by atoms with Crippen molar-refractivity contribution < 1.29 is 14.7 Å². The third kappa shape index (κ3) is 1.82. The average Bonchev–Trinajstić information content (AvgIpc) is 2.08. The van der Waals surface area contributed by atoms with Crippen LogP contribution in [-0.4, -0.2) is 16.9 Å². The topological polar surface area (TPSA) is 54.4 Å². The second kappa shape index (κ2) is 3.62. The van der Waals surface area contributed by atoms with Crippen molar-refractivity contribution in [2.45, 2.75) is 20.8 Å². The molecule has 0 fully saturated rings. The summed E-state index contributed by atoms with van der Waals surface area (Å²) in [6, 6.07) is 3.00. The predicted molar refractivity (Wildman–Crippen MR) is 52.9 cm³/mol. The summed E-state index contributed by atoms with van der Waals surface area (Å²) in [6.45, 7) is 5.05. The molecule has 0 saturated carbocycles. The van der Waals surface area contributed by atoms with E-state index < -0.39 is 5.97 Å². The highest BCUT2D eigenvalue weighted by molar-refractivity contribution is 5.99. The first-order valence-electron chi connectivity index (χ1n) is 4.29. The lowest BCUT2D eigenvalue weighted by Crippen LogP contribution is -2.04. The average molecular weight is 192 g/mol. The van der Waals surface area contributed by atoms with Gasteiger partial charge in [0.05, 0.1) is 5.56 Å². The van der Waals surface area contributed by atoms with E-state index >= 15 is 0 Å². The number of benzene rings is 1. The predicted octanol–water partition coefficient (Wildman–Crippen LogP) is 2.20. The maximum atomic E-state index is 11.2. The molecule has 0 atom stereocenters. The highest BCUT2D eigenvalue weighted by Gasteiger charge is 2.11. The Morgan fingerprint density at radius 2 is 1.79 bits per heavy atom. The fraction of sp³-hybridized carbons (Fsp3) is 0.273. The number of hydrogen-bond acceptors (Lipinski definition) is 2. The molecule has 0 aliphatic carbocycles. The second-order valence-electron chi connectivity index (χ2n) is 3.33. The van der Waals surface area contributed by atoms with Crippen molar-refractivity contribution in [2.75, 3.05) is 0 Å². The molecule has 1 aromatic carbocycles. The summed E-state index contributed by atoms with van der Waals surface area (Å²) >= 11 is 0. The fourth-order valence-electron chi connectivity index (χ4n) is 1.35. The van der Waals surface area contributed by atoms with Gasteiger partial charge in [0.2, 0.25) is 0 Å². The summed E-state index contributed by atoms with van der Waals surface area (Å²) in [4.78, 5) is 21.9. The van der Waals surface area contributed by atoms with Crippen LogP contribution in [0.3, 0.4) is 0 Å². The van der Waals surface area contributed by atoms with Crippen molar-refractivity contribution in [1.29, 1.82) is 0 Å². The van der Waals surface area contributed by atoms with Gasteiger partial charge < -0.3 is 5.11 Å². The highest BCUT2D eigenvalue weighted by Crippen LogP contribution is 2.16. The molecule has 0 heterocycles. The number of carbonyl (C=O) groups excluding carboxylic acids is 1. The number of aromatic carboxylic acids is 1. The van der Waals surface area contributed by atoms with Gasteiger partial charge in [0.1, 0.15) is 0 Å². The zero-order valence-electron chi connectivity index (χ0n) is 8.42. The lowest BCUT2D eigenvalue weighted by atomic mass is 9.97. The van der Waals surface area contributed by atoms with Crippen LogP contribution in [-0.2, 0) is 0 Å². The van der Waals surface area contributed by atoms with Crippen LogP contribution >= 0.6 is 0 Å². The Kier molecular flexibility index (Phi) is 2.70. The summed E-state index contributed by atoms with van der Waals surface area (Å²) in [5.74, 6) is -1.11. The van der Waals surface area contributed by atoms with Crippen molar-refractivity contribution in [2.24, 2.45) is 0 Å². The lowest BCUT2D eigenvalue weighted by Gasteiger charge is -2.07. The summed E-state index contributed by atoms with van der Waals surface area (Å²) in [7, 11) is 0. The van der Waals surface area contributed by atoms with E-state index in [0.717, 1.165) is 11.1 Å². The first-order valence-corrected chi connectivity index (χ1v) is 4.29. The molecule has 0 spiro atoms. The maximum Gasteiger partial charge on any atom is 0.335 e. The summed E-state index contributed by atoms with van der Waals surface area (Å²) in [6.07, 6.45) is 0. The molecular formula is C11H12O3. The van der Waals surface area contributed by atoms with Gasteiger partial charge in [-0.25, -0.2) is 4.79 Å². The Hall–Kier alpha value is -1.64. The molecule has 0 aliphatic heterocycles. The van der Waals surface area contributed by atoms with Gasteiger partial charge in [-0.2, -0.15) is 0 Å². The first kappa shape index (κ1) is 10.4. The molecule has 74 valence electrons. The van der Waals surface area contributed by atoms with E-state index in [0.29, 0.717) is 5.56 Å². The van der Waals surface area contributed by atoms with Crippen molar-refractivity contribution >= 4 is 11.8 Å². The zero-order chi connectivity index (χ0) is 10.9. The van der Waals surface area contributed by atoms with Gasteiger partial charge in [-0.1, -0.05) is 0 Å². The van der Waals surface area contributed by atoms with Crippen LogP contribution in [0.5, 0.6) is 0 Å². The number of aryl methyl sites for hydroxylation is 1. The van der Waals surface area contributed by atoms with E-state index in [1.807, 2.05) is 6.92 Å². The van der Waals surface area contributed by atoms with E-state index in [4.69, 9.17) is 5.11 Å². The fourth-order valence-corrected chi connectivity index (χ4v) is 1.35. The van der Waals surface area contributed by atoms with Gasteiger partial charge >= 0.3 is 5.97 Å². The van der Waals surface area contributed by atoms with Crippen LogP contribution in [0.4, 0.5) is 0 Å². The molecule has 1 N–H and O–H groups in total. The van der Waals surface area contributed by atoms with Crippen LogP contribution in [0.1, 0.15) is 38.8 Å². The summed E-state index contributed by atoms with van der Waals surface area (Å²) in [5.41, 5.74) is 2.33. The van der Waals surface area contributed by atoms with Crippen LogP contribution in [0, 0.1) is 13.8 Å². The van der Waals surface area contributed by atoms with Gasteiger partial charge in [-0.05, 0) is 44.0 Å². The first-order chi connectivity index (χ1) is 6.43. The Morgan fingerprint density at radius 1 is 1.21 bits per heavy atom. The molecule has 0 unspecified atom stereocenters. The molecule has 3 nitrogen and oxygen atoms in total. The molecule has 0 amide bonds. The molecular weight excluding hydrogens is 180 g/mol. The number of carboxylic acids is 1. The molecule has 0 saturated heterocycles. The molecule has 1 aromatic rings. The Bertz CT molecular complexity index is 405. The van der Waals surface area contributed by atoms with E-state index in [1.54, 1.807) is 13.0 Å². The maximum absolute atomic E-state index is 11.2. The van der Waals surface area contributed by atoms with E-state index in [-0.39, 0.29) is 11.3 Å². The normalized spacial score (nSPS) is 9.93. The van der Waals surface area contributed by atoms with Crippen molar-refractivity contribution in [3.63, 3.8) is 0 Å². The Morgan fingerprint density at radius 3 is 2.21 bits per heavy atom. The molecule has 1 rings (SSSR count). The number of Topliss-reactive ketones (excluding diaryl/α,β-unsaturated/α-hetero) is 1. The Balaban J connectivity index is 3.43. The number of rotatable bonds is 2. The third-order valence-corrected chi connectivity index (χ3v) is 2.29. The van der Waals surface area contributed by atoms with Crippen molar-refractivity contribution in [1.82, 2.24) is 0 Å². The van der Waals surface area contributed by atoms with Gasteiger partial charge in [0.15, 0.2) is 5.78 Å². The smallest absolute Gasteiger partial charge is 0.335 e. The highest BCUT2D eigenvalue weighted by atomic mass is 16.4. The Labute approximate surface area is 82.4 Å². The van der Waals surface area contributed by atoms with E-state index in [2.05, 4.69) is 0 Å². The monoisotopic (exact) mass is 192 g/mol. The number of carboxylic acid groups (broad SMARTS) is 1. The second-order valence-corrected chi connectivity index (χ2v) is 3.33. The van der Waals surface area contributed by atoms with E-state index in [1.165, 1.54) is 13.0 Å². The molecule has 0 bridgehead atoms. The van der Waals surface area contributed by atoms with Gasteiger partial charge in [0.25, 0.3) is 0 Å². The number of carbonyl (C=O) groups is 2. The zero-order valence-corrected chi connectivity index (χ0v) is 8.42. The summed E-state index contributed by atoms with van der Waals surface area (Å²) < 4.78 is 0. The van der Waals surface area contributed by atoms with Gasteiger partial charge in [0, 0.05) is 5.56 Å². The van der Waals surface area contributed by atoms with Crippen LogP contribution in [0.2, 0.25) is 0 Å². The van der Waals surface area contributed by atoms with Crippen molar-refractivity contribution in [3.8, 4) is 0 Å². The molecule has 0 aliphatic rings. The standard InChI is InChI=1S/C11H12O3/c1-6-4-9(11(13)14)5-10(7(6)2)8(3)12/h4-5H,1-3H3,(H,13,14). The van der Waals surface area contributed by atoms with Crippen LogP contribution < -0.4 is 0 Å². The van der Waals surface area contributed by atoms with Crippen LogP contribution in [0.15, 0.2) is 12.1 Å². The number of ketones is 1. The minimum absolute atomic E-state index is 0.103. The lowest BCUT2D eigenvalue weighted by molar-refractivity contribution is 0.0697. The summed E-state index contributed by atoms with van der Waals surface area (Å²) in [5, 5.41) is 8.80. The quantitative estimate of drug-likeness (QED) is 0.731.